The number of halogens is 3. The third-order valence-corrected chi connectivity index (χ3v) is 5.39. The molecule has 4 nitrogen and oxygen atoms in total. The van der Waals surface area contributed by atoms with Crippen LogP contribution in [0.2, 0.25) is 0 Å². The molecule has 0 radical (unpaired) electrons. The first-order valence-electron chi connectivity index (χ1n) is 10.1. The molecule has 1 aliphatic heterocycles. The Morgan fingerprint density at radius 2 is 1.87 bits per heavy atom. The number of alkyl halides is 3. The molecule has 4 rings (SSSR count). The number of aromatic nitrogens is 1. The molecule has 0 spiro atoms. The van der Waals surface area contributed by atoms with Gasteiger partial charge >= 0.3 is 6.18 Å². The molecule has 1 aromatic heterocycles. The second-order valence-electron chi connectivity index (χ2n) is 8.15. The summed E-state index contributed by atoms with van der Waals surface area (Å²) in [5.41, 5.74) is 1.98. The van der Waals surface area contributed by atoms with Gasteiger partial charge in [-0.15, -0.1) is 0 Å². The number of fused-ring (bicyclic) bond motifs is 1. The smallest absolute Gasteiger partial charge is 0.416 e. The zero-order valence-electron chi connectivity index (χ0n) is 16.9. The van der Waals surface area contributed by atoms with Crippen LogP contribution in [-0.2, 0) is 11.0 Å². The van der Waals surface area contributed by atoms with Crippen molar-refractivity contribution in [2.45, 2.75) is 45.3 Å². The maximum absolute atomic E-state index is 12.8. The summed E-state index contributed by atoms with van der Waals surface area (Å²) in [6.45, 7) is 4.74. The number of carbonyl (C=O) groups is 1. The molecule has 1 aliphatic rings. The fraction of sp³-hybridized carbons (Fsp3) is 0.391. The number of oxazole rings is 1. The maximum Gasteiger partial charge on any atom is 0.416 e. The van der Waals surface area contributed by atoms with Crippen molar-refractivity contribution in [3.63, 3.8) is 0 Å². The highest BCUT2D eigenvalue weighted by atomic mass is 19.4. The molecule has 2 heterocycles. The van der Waals surface area contributed by atoms with E-state index < -0.39 is 11.7 Å². The van der Waals surface area contributed by atoms with E-state index in [-0.39, 0.29) is 17.9 Å². The van der Waals surface area contributed by atoms with E-state index in [9.17, 15) is 18.0 Å². The summed E-state index contributed by atoms with van der Waals surface area (Å²) >= 11 is 0. The van der Waals surface area contributed by atoms with Crippen LogP contribution in [-0.4, -0.2) is 22.3 Å². The largest absolute Gasteiger partial charge is 0.438 e. The summed E-state index contributed by atoms with van der Waals surface area (Å²) in [4.78, 5) is 19.0. The normalized spacial score (nSPS) is 17.3. The first-order chi connectivity index (χ1) is 14.2. The van der Waals surface area contributed by atoms with Crippen LogP contribution in [0.25, 0.3) is 22.2 Å². The molecule has 0 bridgehead atoms. The highest BCUT2D eigenvalue weighted by Gasteiger charge is 2.33. The van der Waals surface area contributed by atoms with E-state index in [0.717, 1.165) is 30.5 Å². The molecule has 1 amide bonds. The second kappa shape index (κ2) is 7.78. The minimum absolute atomic E-state index is 0.111. The first kappa shape index (κ1) is 20.4. The lowest BCUT2D eigenvalue weighted by atomic mass is 10.0. The van der Waals surface area contributed by atoms with Crippen molar-refractivity contribution in [1.82, 2.24) is 9.88 Å². The molecular formula is C23H23F3N2O2. The summed E-state index contributed by atoms with van der Waals surface area (Å²) in [5, 5.41) is 0. The van der Waals surface area contributed by atoms with Crippen molar-refractivity contribution in [1.29, 1.82) is 0 Å². The molecule has 30 heavy (non-hydrogen) atoms. The van der Waals surface area contributed by atoms with Crippen LogP contribution in [0.1, 0.15) is 50.6 Å². The van der Waals surface area contributed by atoms with Gasteiger partial charge in [0.1, 0.15) is 11.6 Å². The topological polar surface area (TPSA) is 46.3 Å². The summed E-state index contributed by atoms with van der Waals surface area (Å²) in [5.74, 6) is 0.915. The van der Waals surface area contributed by atoms with Crippen LogP contribution in [0.4, 0.5) is 13.2 Å². The minimum Gasteiger partial charge on any atom is -0.438 e. The van der Waals surface area contributed by atoms with E-state index in [1.165, 1.54) is 12.1 Å². The fourth-order valence-corrected chi connectivity index (χ4v) is 3.91. The Labute approximate surface area is 172 Å². The minimum atomic E-state index is -4.36. The van der Waals surface area contributed by atoms with Gasteiger partial charge in [0.05, 0.1) is 5.56 Å². The lowest BCUT2D eigenvalue weighted by Gasteiger charge is -2.23. The molecule has 1 saturated heterocycles. The summed E-state index contributed by atoms with van der Waals surface area (Å²) in [6.07, 6.45) is -2.15. The van der Waals surface area contributed by atoms with Gasteiger partial charge in [0, 0.05) is 13.0 Å². The van der Waals surface area contributed by atoms with Crippen LogP contribution in [0.15, 0.2) is 46.9 Å². The third kappa shape index (κ3) is 4.06. The van der Waals surface area contributed by atoms with Gasteiger partial charge < -0.3 is 9.32 Å². The Hall–Kier alpha value is -2.83. The molecule has 0 saturated carbocycles. The summed E-state index contributed by atoms with van der Waals surface area (Å²) < 4.78 is 44.3. The zero-order valence-corrected chi connectivity index (χ0v) is 16.9. The monoisotopic (exact) mass is 416 g/mol. The molecule has 158 valence electrons. The highest BCUT2D eigenvalue weighted by molar-refractivity contribution is 5.81. The van der Waals surface area contributed by atoms with Gasteiger partial charge in [-0.1, -0.05) is 32.0 Å². The van der Waals surface area contributed by atoms with Crippen molar-refractivity contribution in [3.05, 3.63) is 53.9 Å². The molecule has 0 unspecified atom stereocenters. The van der Waals surface area contributed by atoms with E-state index in [1.54, 1.807) is 18.2 Å². The van der Waals surface area contributed by atoms with Gasteiger partial charge in [0.15, 0.2) is 5.58 Å². The van der Waals surface area contributed by atoms with Crippen molar-refractivity contribution < 1.29 is 22.4 Å². The predicted molar refractivity (Wildman–Crippen MR) is 108 cm³/mol. The van der Waals surface area contributed by atoms with E-state index in [1.807, 2.05) is 18.7 Å². The lowest BCUT2D eigenvalue weighted by Crippen LogP contribution is -2.31. The number of hydrogen-bond acceptors (Lipinski definition) is 3. The van der Waals surface area contributed by atoms with Crippen molar-refractivity contribution in [2.75, 3.05) is 6.54 Å². The highest BCUT2D eigenvalue weighted by Crippen LogP contribution is 2.35. The SMILES string of the molecule is CC(C)CC(=O)N1CCC[C@@H]1c1nc2cc(-c3ccc(C(F)(F)F)cc3)ccc2o1. The van der Waals surface area contributed by atoms with E-state index in [2.05, 4.69) is 4.98 Å². The van der Waals surface area contributed by atoms with E-state index in [4.69, 9.17) is 4.42 Å². The summed E-state index contributed by atoms with van der Waals surface area (Å²) in [7, 11) is 0. The number of amides is 1. The number of carbonyl (C=O) groups excluding carboxylic acids is 1. The number of nitrogens with zero attached hydrogens (tertiary/aromatic N) is 2. The molecule has 3 aromatic rings. The van der Waals surface area contributed by atoms with E-state index >= 15 is 0 Å². The average molecular weight is 416 g/mol. The van der Waals surface area contributed by atoms with Gasteiger partial charge in [-0.3, -0.25) is 4.79 Å². The Bertz CT molecular complexity index is 1050. The molecule has 1 fully saturated rings. The maximum atomic E-state index is 12.8. The lowest BCUT2D eigenvalue weighted by molar-refractivity contribution is -0.137. The Kier molecular flexibility index (Phi) is 5.30. The Morgan fingerprint density at radius 1 is 1.17 bits per heavy atom. The number of likely N-dealkylation sites (tertiary alicyclic amines) is 1. The standard InChI is InChI=1S/C23H23F3N2O2/c1-14(2)12-21(29)28-11-3-4-19(28)22-27-18-13-16(7-10-20(18)30-22)15-5-8-17(9-6-15)23(24,25)26/h5-10,13-14,19H,3-4,11-12H2,1-2H3/t19-/m1/s1. The average Bonchev–Trinajstić information content (AvgIpc) is 3.33. The van der Waals surface area contributed by atoms with Crippen LogP contribution in [0, 0.1) is 5.92 Å². The number of hydrogen-bond donors (Lipinski definition) is 0. The van der Waals surface area contributed by atoms with Crippen molar-refractivity contribution in [2.24, 2.45) is 5.92 Å². The molecule has 2 aromatic carbocycles. The third-order valence-electron chi connectivity index (χ3n) is 5.39. The van der Waals surface area contributed by atoms with Crippen LogP contribution < -0.4 is 0 Å². The number of rotatable bonds is 4. The van der Waals surface area contributed by atoms with Gasteiger partial charge in [-0.05, 0) is 54.2 Å². The molecule has 0 N–H and O–H groups in total. The number of benzene rings is 2. The fourth-order valence-electron chi connectivity index (χ4n) is 3.91. The van der Waals surface area contributed by atoms with Crippen molar-refractivity contribution in [3.8, 4) is 11.1 Å². The van der Waals surface area contributed by atoms with Crippen LogP contribution >= 0.6 is 0 Å². The molecule has 7 heteroatoms. The van der Waals surface area contributed by atoms with E-state index in [0.29, 0.717) is 35.5 Å². The summed E-state index contributed by atoms with van der Waals surface area (Å²) in [6, 6.07) is 10.3. The van der Waals surface area contributed by atoms with Gasteiger partial charge in [0.25, 0.3) is 0 Å². The quantitative estimate of drug-likeness (QED) is 0.507. The molecule has 0 aliphatic carbocycles. The van der Waals surface area contributed by atoms with Crippen molar-refractivity contribution >= 4 is 17.0 Å². The Balaban J connectivity index is 1.60. The predicted octanol–water partition coefficient (Wildman–Crippen LogP) is 6.22. The van der Waals surface area contributed by atoms with Crippen LogP contribution in [0.3, 0.4) is 0 Å². The second-order valence-corrected chi connectivity index (χ2v) is 8.15. The zero-order chi connectivity index (χ0) is 21.5. The van der Waals surface area contributed by atoms with Crippen LogP contribution in [0.5, 0.6) is 0 Å². The first-order valence-corrected chi connectivity index (χ1v) is 10.1. The van der Waals surface area contributed by atoms with Gasteiger partial charge in [-0.2, -0.15) is 13.2 Å². The Morgan fingerprint density at radius 3 is 2.53 bits per heavy atom. The molecular weight excluding hydrogens is 393 g/mol. The van der Waals surface area contributed by atoms with Gasteiger partial charge in [-0.25, -0.2) is 4.98 Å². The molecule has 1 atom stereocenters. The van der Waals surface area contributed by atoms with Gasteiger partial charge in [0.2, 0.25) is 11.8 Å².